The maximum absolute atomic E-state index is 10.7. The van der Waals surface area contributed by atoms with Crippen LogP contribution in [0.25, 0.3) is 0 Å². The second-order valence-corrected chi connectivity index (χ2v) is 5.09. The molecule has 0 aromatic heterocycles. The summed E-state index contributed by atoms with van der Waals surface area (Å²) in [5, 5.41) is 10.7. The van der Waals surface area contributed by atoms with Crippen molar-refractivity contribution in [2.45, 2.75) is 32.0 Å². The summed E-state index contributed by atoms with van der Waals surface area (Å²) in [7, 11) is 1.64. The van der Waals surface area contributed by atoms with Crippen molar-refractivity contribution in [2.75, 3.05) is 26.9 Å². The third kappa shape index (κ3) is 3.51. The predicted octanol–water partition coefficient (Wildman–Crippen LogP) is 2.56. The number of hydrogen-bond acceptors (Lipinski definition) is 4. The van der Waals surface area contributed by atoms with Crippen LogP contribution < -0.4 is 4.74 Å². The third-order valence-electron chi connectivity index (χ3n) is 3.85. The molecule has 3 unspecified atom stereocenters. The summed E-state index contributed by atoms with van der Waals surface area (Å²) in [6.45, 7) is 3.84. The summed E-state index contributed by atoms with van der Waals surface area (Å²) in [6, 6.07) is 7.67. The zero-order chi connectivity index (χ0) is 14.4. The SMILES string of the molecule is CCC1OCCC1C(O)c1ccccc1OCCOC. The average Bonchev–Trinajstić information content (AvgIpc) is 2.96. The molecule has 1 saturated heterocycles. The van der Waals surface area contributed by atoms with Gasteiger partial charge in [0.1, 0.15) is 12.4 Å². The van der Waals surface area contributed by atoms with Gasteiger partial charge in [0.25, 0.3) is 0 Å². The molecular weight excluding hydrogens is 256 g/mol. The number of methoxy groups -OCH3 is 1. The molecule has 1 aliphatic rings. The highest BCUT2D eigenvalue weighted by Gasteiger charge is 2.34. The van der Waals surface area contributed by atoms with E-state index in [1.807, 2.05) is 24.3 Å². The van der Waals surface area contributed by atoms with Crippen molar-refractivity contribution >= 4 is 0 Å². The van der Waals surface area contributed by atoms with E-state index in [1.54, 1.807) is 7.11 Å². The lowest BCUT2D eigenvalue weighted by molar-refractivity contribution is 0.0292. The molecule has 4 heteroatoms. The fourth-order valence-corrected chi connectivity index (χ4v) is 2.77. The summed E-state index contributed by atoms with van der Waals surface area (Å²) >= 11 is 0. The van der Waals surface area contributed by atoms with Crippen LogP contribution in [0, 0.1) is 5.92 Å². The average molecular weight is 280 g/mol. The Labute approximate surface area is 120 Å². The van der Waals surface area contributed by atoms with E-state index >= 15 is 0 Å². The standard InChI is InChI=1S/C16H24O4/c1-3-14-13(8-9-19-14)16(17)12-6-4-5-7-15(12)20-11-10-18-2/h4-7,13-14,16-17H,3,8-11H2,1-2H3. The Morgan fingerprint density at radius 1 is 1.35 bits per heavy atom. The van der Waals surface area contributed by atoms with Crippen LogP contribution in [0.15, 0.2) is 24.3 Å². The van der Waals surface area contributed by atoms with Gasteiger partial charge in [-0.15, -0.1) is 0 Å². The summed E-state index contributed by atoms with van der Waals surface area (Å²) in [6.07, 6.45) is 1.42. The second-order valence-electron chi connectivity index (χ2n) is 5.09. The van der Waals surface area contributed by atoms with E-state index < -0.39 is 6.10 Å². The van der Waals surface area contributed by atoms with Crippen molar-refractivity contribution in [3.63, 3.8) is 0 Å². The molecule has 4 nitrogen and oxygen atoms in total. The first kappa shape index (κ1) is 15.3. The van der Waals surface area contributed by atoms with Gasteiger partial charge < -0.3 is 19.3 Å². The molecule has 1 heterocycles. The fourth-order valence-electron chi connectivity index (χ4n) is 2.77. The van der Waals surface area contributed by atoms with E-state index in [4.69, 9.17) is 14.2 Å². The van der Waals surface area contributed by atoms with Crippen LogP contribution >= 0.6 is 0 Å². The number of aliphatic hydroxyl groups excluding tert-OH is 1. The molecule has 0 radical (unpaired) electrons. The molecule has 1 aliphatic heterocycles. The minimum atomic E-state index is -0.541. The first-order valence-corrected chi connectivity index (χ1v) is 7.28. The maximum atomic E-state index is 10.7. The van der Waals surface area contributed by atoms with Gasteiger partial charge in [-0.25, -0.2) is 0 Å². The molecule has 112 valence electrons. The van der Waals surface area contributed by atoms with Gasteiger partial charge in [-0.1, -0.05) is 25.1 Å². The van der Waals surface area contributed by atoms with Crippen molar-refractivity contribution in [2.24, 2.45) is 5.92 Å². The van der Waals surface area contributed by atoms with Gasteiger partial charge in [-0.05, 0) is 18.9 Å². The topological polar surface area (TPSA) is 47.9 Å². The Morgan fingerprint density at radius 2 is 2.15 bits per heavy atom. The Kier molecular flexibility index (Phi) is 5.83. The molecule has 2 rings (SSSR count). The molecular formula is C16H24O4. The van der Waals surface area contributed by atoms with Gasteiger partial charge in [0.2, 0.25) is 0 Å². The Balaban J connectivity index is 2.10. The van der Waals surface area contributed by atoms with Crippen LogP contribution in [-0.4, -0.2) is 38.1 Å². The van der Waals surface area contributed by atoms with Gasteiger partial charge in [0.05, 0.1) is 18.8 Å². The lowest BCUT2D eigenvalue weighted by Gasteiger charge is -2.24. The molecule has 1 aromatic carbocycles. The van der Waals surface area contributed by atoms with Crippen LogP contribution in [-0.2, 0) is 9.47 Å². The predicted molar refractivity (Wildman–Crippen MR) is 76.9 cm³/mol. The number of rotatable bonds is 7. The highest BCUT2D eigenvalue weighted by Crippen LogP contribution is 2.38. The first-order valence-electron chi connectivity index (χ1n) is 7.28. The van der Waals surface area contributed by atoms with Gasteiger partial charge in [0.15, 0.2) is 0 Å². The molecule has 0 aliphatic carbocycles. The summed E-state index contributed by atoms with van der Waals surface area (Å²) in [4.78, 5) is 0. The minimum absolute atomic E-state index is 0.136. The highest BCUT2D eigenvalue weighted by atomic mass is 16.5. The van der Waals surface area contributed by atoms with E-state index in [-0.39, 0.29) is 12.0 Å². The Hall–Kier alpha value is -1.10. The summed E-state index contributed by atoms with van der Waals surface area (Å²) in [5.74, 6) is 0.881. The van der Waals surface area contributed by atoms with E-state index in [0.717, 1.165) is 30.8 Å². The van der Waals surface area contributed by atoms with Crippen molar-refractivity contribution in [3.05, 3.63) is 29.8 Å². The normalized spacial score (nSPS) is 23.8. The van der Waals surface area contributed by atoms with Crippen molar-refractivity contribution < 1.29 is 19.3 Å². The molecule has 0 spiro atoms. The molecule has 0 amide bonds. The number of aliphatic hydroxyl groups is 1. The molecule has 1 aromatic rings. The second kappa shape index (κ2) is 7.62. The lowest BCUT2D eigenvalue weighted by Crippen LogP contribution is -2.22. The van der Waals surface area contributed by atoms with Crippen LogP contribution in [0.2, 0.25) is 0 Å². The van der Waals surface area contributed by atoms with Crippen molar-refractivity contribution in [3.8, 4) is 5.75 Å². The maximum Gasteiger partial charge on any atom is 0.125 e. The Morgan fingerprint density at radius 3 is 2.90 bits per heavy atom. The molecule has 0 saturated carbocycles. The third-order valence-corrected chi connectivity index (χ3v) is 3.85. The zero-order valence-electron chi connectivity index (χ0n) is 12.2. The minimum Gasteiger partial charge on any atom is -0.491 e. The van der Waals surface area contributed by atoms with E-state index in [9.17, 15) is 5.11 Å². The first-order chi connectivity index (χ1) is 9.77. The fraction of sp³-hybridized carbons (Fsp3) is 0.625. The molecule has 20 heavy (non-hydrogen) atoms. The summed E-state index contributed by atoms with van der Waals surface area (Å²) < 4.78 is 16.4. The van der Waals surface area contributed by atoms with Crippen molar-refractivity contribution in [1.29, 1.82) is 0 Å². The van der Waals surface area contributed by atoms with E-state index in [2.05, 4.69) is 6.92 Å². The molecule has 0 bridgehead atoms. The largest absolute Gasteiger partial charge is 0.491 e. The smallest absolute Gasteiger partial charge is 0.125 e. The van der Waals surface area contributed by atoms with Crippen LogP contribution in [0.1, 0.15) is 31.4 Å². The van der Waals surface area contributed by atoms with Crippen LogP contribution in [0.4, 0.5) is 0 Å². The highest BCUT2D eigenvalue weighted by molar-refractivity contribution is 5.35. The zero-order valence-corrected chi connectivity index (χ0v) is 12.2. The number of benzene rings is 1. The number of para-hydroxylation sites is 1. The van der Waals surface area contributed by atoms with Crippen LogP contribution in [0.5, 0.6) is 5.75 Å². The number of ether oxygens (including phenoxy) is 3. The number of hydrogen-bond donors (Lipinski definition) is 1. The quantitative estimate of drug-likeness (QED) is 0.780. The monoisotopic (exact) mass is 280 g/mol. The Bertz CT molecular complexity index is 407. The van der Waals surface area contributed by atoms with Gasteiger partial charge >= 0.3 is 0 Å². The van der Waals surface area contributed by atoms with E-state index in [1.165, 1.54) is 0 Å². The molecule has 1 fully saturated rings. The van der Waals surface area contributed by atoms with Crippen molar-refractivity contribution in [1.82, 2.24) is 0 Å². The summed E-state index contributed by atoms with van der Waals surface area (Å²) in [5.41, 5.74) is 0.845. The molecule has 1 N–H and O–H groups in total. The lowest BCUT2D eigenvalue weighted by atomic mass is 9.88. The molecule has 3 atom stereocenters. The van der Waals surface area contributed by atoms with Gasteiger partial charge in [-0.2, -0.15) is 0 Å². The van der Waals surface area contributed by atoms with Gasteiger partial charge in [-0.3, -0.25) is 0 Å². The van der Waals surface area contributed by atoms with E-state index in [0.29, 0.717) is 13.2 Å². The van der Waals surface area contributed by atoms with Gasteiger partial charge in [0, 0.05) is 25.2 Å². The van der Waals surface area contributed by atoms with Crippen LogP contribution in [0.3, 0.4) is 0 Å².